The molecular formula is C14H21Cl3O4Ti. The number of methoxy groups -OCH3 is 1. The van der Waals surface area contributed by atoms with E-state index >= 15 is 0 Å². The van der Waals surface area contributed by atoms with E-state index in [9.17, 15) is 9.90 Å². The molecule has 0 heterocycles. The van der Waals surface area contributed by atoms with Crippen molar-refractivity contribution in [3.63, 3.8) is 0 Å². The molecule has 1 aliphatic carbocycles. The van der Waals surface area contributed by atoms with Crippen LogP contribution < -0.4 is 42.3 Å². The van der Waals surface area contributed by atoms with Crippen molar-refractivity contribution in [3.8, 4) is 0 Å². The minimum atomic E-state index is -0.526. The smallest absolute Gasteiger partial charge is 1.00 e. The average molecular weight is 408 g/mol. The van der Waals surface area contributed by atoms with Gasteiger partial charge in [-0.3, -0.25) is 4.79 Å². The monoisotopic (exact) mass is 406 g/mol. The number of carbonyl (C=O) groups is 1. The predicted octanol–water partition coefficient (Wildman–Crippen LogP) is -7.24. The van der Waals surface area contributed by atoms with Gasteiger partial charge in [-0.25, -0.2) is 0 Å². The summed E-state index contributed by atoms with van der Waals surface area (Å²) in [5, 5.41) is 11.2. The van der Waals surface area contributed by atoms with Crippen molar-refractivity contribution in [2.45, 2.75) is 39.0 Å². The summed E-state index contributed by atoms with van der Waals surface area (Å²) in [6.45, 7) is 2.05. The van der Waals surface area contributed by atoms with Crippen LogP contribution >= 0.6 is 0 Å². The van der Waals surface area contributed by atoms with Crippen LogP contribution in [0.3, 0.4) is 0 Å². The third-order valence-corrected chi connectivity index (χ3v) is 3.29. The number of hydrogen-bond donors (Lipinski definition) is 0. The Morgan fingerprint density at radius 3 is 2.27 bits per heavy atom. The zero-order valence-electron chi connectivity index (χ0n) is 12.7. The van der Waals surface area contributed by atoms with Gasteiger partial charge in [0, 0.05) is 0 Å². The number of hydrogen-bond acceptors (Lipinski definition) is 4. The molecule has 0 aromatic rings. The second-order valence-corrected chi connectivity index (χ2v) is 4.48. The van der Waals surface area contributed by atoms with Crippen LogP contribution in [0.4, 0.5) is 0 Å². The molecule has 0 aliphatic heterocycles. The van der Waals surface area contributed by atoms with Crippen molar-refractivity contribution < 1.29 is 78.3 Å². The molecule has 1 rings (SSSR count). The third-order valence-electron chi connectivity index (χ3n) is 3.29. The molecule has 126 valence electrons. The van der Waals surface area contributed by atoms with E-state index in [0.29, 0.717) is 6.61 Å². The van der Waals surface area contributed by atoms with Gasteiger partial charge < -0.3 is 51.8 Å². The molecule has 8 heteroatoms. The first kappa shape index (κ1) is 30.1. The molecule has 1 fully saturated rings. The van der Waals surface area contributed by atoms with E-state index in [0.717, 1.165) is 25.7 Å². The van der Waals surface area contributed by atoms with Gasteiger partial charge in [0.2, 0.25) is 0 Å². The molecule has 0 spiro atoms. The molecule has 0 aromatic heterocycles. The molecular weight excluding hydrogens is 386 g/mol. The van der Waals surface area contributed by atoms with Gasteiger partial charge in [0.25, 0.3) is 0 Å². The Morgan fingerprint density at radius 1 is 1.27 bits per heavy atom. The maximum atomic E-state index is 11.7. The number of esters is 1. The minimum absolute atomic E-state index is 0. The Labute approximate surface area is 166 Å². The summed E-state index contributed by atoms with van der Waals surface area (Å²) < 4.78 is 9.56. The SMILES string of the molecule is CCOC([O-])=C=CC(C(=O)OC)C1CCCCC1.[Cl-].[Cl-].[Cl-].[Ti+4]. The summed E-state index contributed by atoms with van der Waals surface area (Å²) in [5.41, 5.74) is 2.51. The van der Waals surface area contributed by atoms with Gasteiger partial charge in [-0.2, -0.15) is 0 Å². The molecule has 0 bridgehead atoms. The molecule has 0 saturated heterocycles. The molecule has 0 N–H and O–H groups in total. The Balaban J connectivity index is -0.000000405. The number of halogens is 3. The molecule has 1 saturated carbocycles. The largest absolute Gasteiger partial charge is 4.00 e. The fourth-order valence-electron chi connectivity index (χ4n) is 2.36. The van der Waals surface area contributed by atoms with E-state index in [1.165, 1.54) is 19.6 Å². The molecule has 0 radical (unpaired) electrons. The molecule has 4 nitrogen and oxygen atoms in total. The number of rotatable bonds is 5. The van der Waals surface area contributed by atoms with Crippen molar-refractivity contribution in [2.24, 2.45) is 11.8 Å². The van der Waals surface area contributed by atoms with Crippen molar-refractivity contribution in [2.75, 3.05) is 13.7 Å². The van der Waals surface area contributed by atoms with E-state index in [2.05, 4.69) is 5.73 Å². The normalized spacial score (nSPS) is 14.3. The molecule has 1 atom stereocenters. The van der Waals surface area contributed by atoms with E-state index < -0.39 is 5.95 Å². The second kappa shape index (κ2) is 17.5. The summed E-state index contributed by atoms with van der Waals surface area (Å²) in [4.78, 5) is 11.7. The maximum absolute atomic E-state index is 11.7. The van der Waals surface area contributed by atoms with Gasteiger partial charge in [-0.05, 0) is 31.4 Å². The van der Waals surface area contributed by atoms with Gasteiger partial charge in [-0.1, -0.05) is 26.2 Å². The zero-order chi connectivity index (χ0) is 13.4. The average Bonchev–Trinajstić information content (AvgIpc) is 2.40. The van der Waals surface area contributed by atoms with E-state index in [-0.39, 0.29) is 76.7 Å². The van der Waals surface area contributed by atoms with Gasteiger partial charge in [0.05, 0.1) is 19.0 Å². The van der Waals surface area contributed by atoms with Crippen molar-refractivity contribution >= 4 is 5.97 Å². The van der Waals surface area contributed by atoms with Gasteiger partial charge in [0.1, 0.15) is 0 Å². The Morgan fingerprint density at radius 2 is 1.82 bits per heavy atom. The third kappa shape index (κ3) is 10.8. The zero-order valence-corrected chi connectivity index (χ0v) is 16.6. The Hall–Kier alpha value is 0.174. The molecule has 0 aromatic carbocycles. The van der Waals surface area contributed by atoms with E-state index in [4.69, 9.17) is 9.47 Å². The van der Waals surface area contributed by atoms with E-state index in [1.54, 1.807) is 6.92 Å². The number of ether oxygens (including phenoxy) is 2. The first-order chi connectivity index (χ1) is 8.69. The second-order valence-electron chi connectivity index (χ2n) is 4.48. The van der Waals surface area contributed by atoms with Gasteiger partial charge >= 0.3 is 27.7 Å². The van der Waals surface area contributed by atoms with Crippen LogP contribution in [0.5, 0.6) is 0 Å². The first-order valence-corrected chi connectivity index (χ1v) is 6.53. The summed E-state index contributed by atoms with van der Waals surface area (Å²) in [7, 11) is 1.37. The molecule has 1 aliphatic rings. The number of carbonyl (C=O) groups excluding carboxylic acids is 1. The van der Waals surface area contributed by atoms with Gasteiger partial charge in [-0.15, -0.1) is 5.73 Å². The first-order valence-electron chi connectivity index (χ1n) is 6.53. The standard InChI is InChI=1S/C14H22O4.3ClH.Ti/c1-3-18-13(15)10-9-12(14(16)17-2)11-7-5-4-6-8-11;;;;/h9,11-12,15H,3-8H2,1-2H3;3*1H;/q;;;;+4/p-4. The van der Waals surface area contributed by atoms with Crippen LogP contribution in [0.25, 0.3) is 0 Å². The van der Waals surface area contributed by atoms with Crippen LogP contribution in [0.1, 0.15) is 39.0 Å². The molecule has 1 unspecified atom stereocenters. The Kier molecular flexibility index (Phi) is 24.0. The predicted molar refractivity (Wildman–Crippen MR) is 65.3 cm³/mol. The minimum Gasteiger partial charge on any atom is -1.00 e. The maximum Gasteiger partial charge on any atom is 4.00 e. The van der Waals surface area contributed by atoms with Crippen LogP contribution in [0, 0.1) is 11.8 Å². The quantitative estimate of drug-likeness (QED) is 0.197. The van der Waals surface area contributed by atoms with Crippen molar-refractivity contribution in [3.05, 3.63) is 17.8 Å². The van der Waals surface area contributed by atoms with Crippen LogP contribution in [-0.2, 0) is 36.0 Å². The van der Waals surface area contributed by atoms with Crippen LogP contribution in [-0.4, -0.2) is 19.7 Å². The molecule has 22 heavy (non-hydrogen) atoms. The van der Waals surface area contributed by atoms with Crippen molar-refractivity contribution in [1.29, 1.82) is 0 Å². The summed E-state index contributed by atoms with van der Waals surface area (Å²) in [6, 6.07) is 0. The van der Waals surface area contributed by atoms with Gasteiger partial charge in [0.15, 0.2) is 0 Å². The van der Waals surface area contributed by atoms with Crippen LogP contribution in [0.2, 0.25) is 0 Å². The molecule has 0 amide bonds. The Bertz CT molecular complexity index is 341. The summed E-state index contributed by atoms with van der Waals surface area (Å²) in [6.07, 6.45) is 6.99. The fourth-order valence-corrected chi connectivity index (χ4v) is 2.36. The fraction of sp³-hybridized carbons (Fsp3) is 0.714. The summed E-state index contributed by atoms with van der Waals surface area (Å²) in [5.74, 6) is -0.936. The topological polar surface area (TPSA) is 58.6 Å². The van der Waals surface area contributed by atoms with E-state index in [1.807, 2.05) is 0 Å². The van der Waals surface area contributed by atoms with Crippen molar-refractivity contribution in [1.82, 2.24) is 0 Å². The van der Waals surface area contributed by atoms with Crippen LogP contribution in [0.15, 0.2) is 17.8 Å². The summed E-state index contributed by atoms with van der Waals surface area (Å²) >= 11 is 0.